The molecular formula is C16H18ClF2N3O4S. The van der Waals surface area contributed by atoms with Crippen molar-refractivity contribution in [3.63, 3.8) is 0 Å². The Labute approximate surface area is 160 Å². The van der Waals surface area contributed by atoms with Crippen LogP contribution in [0, 0.1) is 6.92 Å². The number of halogens is 3. The van der Waals surface area contributed by atoms with Gasteiger partial charge in [-0.2, -0.15) is 8.78 Å². The molecule has 1 atom stereocenters. The molecule has 0 saturated heterocycles. The third-order valence-corrected chi connectivity index (χ3v) is 6.30. The molecule has 1 N–H and O–H groups in total. The predicted octanol–water partition coefficient (Wildman–Crippen LogP) is 3.19. The highest BCUT2D eigenvalue weighted by atomic mass is 35.5. The summed E-state index contributed by atoms with van der Waals surface area (Å²) >= 11 is 6.00. The molecular weight excluding hydrogens is 404 g/mol. The Kier molecular flexibility index (Phi) is 6.42. The van der Waals surface area contributed by atoms with Gasteiger partial charge in [-0.25, -0.2) is 13.4 Å². The molecule has 1 heterocycles. The minimum absolute atomic E-state index is 0.250. The maximum atomic E-state index is 12.9. The summed E-state index contributed by atoms with van der Waals surface area (Å²) in [6.07, 6.45) is 2.05. The lowest BCUT2D eigenvalue weighted by Crippen LogP contribution is -2.34. The van der Waals surface area contributed by atoms with Crippen LogP contribution in [0.2, 0.25) is 5.02 Å². The van der Waals surface area contributed by atoms with Crippen molar-refractivity contribution < 1.29 is 26.7 Å². The zero-order valence-electron chi connectivity index (χ0n) is 14.7. The molecule has 148 valence electrons. The Balaban J connectivity index is 2.21. The molecule has 0 radical (unpaired) electrons. The van der Waals surface area contributed by atoms with Crippen molar-refractivity contribution in [1.82, 2.24) is 9.55 Å². The number of nitrogens with one attached hydrogen (secondary N) is 1. The van der Waals surface area contributed by atoms with Crippen LogP contribution < -0.4 is 10.1 Å². The van der Waals surface area contributed by atoms with Gasteiger partial charge in [-0.05, 0) is 25.5 Å². The lowest BCUT2D eigenvalue weighted by molar-refractivity contribution is -0.115. The number of hydrogen-bond donors (Lipinski definition) is 1. The van der Waals surface area contributed by atoms with Crippen LogP contribution in [-0.2, 0) is 20.4 Å². The number of alkyl halides is 2. The summed E-state index contributed by atoms with van der Waals surface area (Å²) in [7, 11) is -2.72. The van der Waals surface area contributed by atoms with Gasteiger partial charge in [-0.3, -0.25) is 9.36 Å². The number of rotatable bonds is 7. The van der Waals surface area contributed by atoms with Crippen molar-refractivity contribution in [2.45, 2.75) is 31.4 Å². The van der Waals surface area contributed by atoms with E-state index in [0.29, 0.717) is 15.2 Å². The molecule has 1 aromatic heterocycles. The van der Waals surface area contributed by atoms with Gasteiger partial charge in [0.25, 0.3) is 0 Å². The number of aryl methyl sites for hydroxylation is 1. The standard InChI is InChI=1S/C16H18ClF2N3O4S/c1-9-6-12(13(26-3)7-11(9)17)21-15(23)10(2)27(24,25)8-14-20-4-5-22(14)16(18)19/h4-7,10,16H,8H2,1-3H3,(H,21,23). The highest BCUT2D eigenvalue weighted by Crippen LogP contribution is 2.31. The molecule has 1 amide bonds. The van der Waals surface area contributed by atoms with E-state index in [4.69, 9.17) is 16.3 Å². The normalized spacial score (nSPS) is 12.9. The first-order valence-electron chi connectivity index (χ1n) is 7.73. The van der Waals surface area contributed by atoms with E-state index in [-0.39, 0.29) is 17.3 Å². The Morgan fingerprint density at radius 2 is 2.07 bits per heavy atom. The van der Waals surface area contributed by atoms with Crippen LogP contribution in [0.1, 0.15) is 24.9 Å². The second-order valence-electron chi connectivity index (χ2n) is 5.77. The monoisotopic (exact) mass is 421 g/mol. The first-order chi connectivity index (χ1) is 12.6. The van der Waals surface area contributed by atoms with Crippen molar-refractivity contribution in [2.24, 2.45) is 0 Å². The Morgan fingerprint density at radius 1 is 1.41 bits per heavy atom. The van der Waals surface area contributed by atoms with Gasteiger partial charge < -0.3 is 10.1 Å². The van der Waals surface area contributed by atoms with Crippen LogP contribution in [0.3, 0.4) is 0 Å². The number of sulfone groups is 1. The van der Waals surface area contributed by atoms with E-state index < -0.39 is 33.3 Å². The summed E-state index contributed by atoms with van der Waals surface area (Å²) < 4.78 is 56.2. The summed E-state index contributed by atoms with van der Waals surface area (Å²) in [4.78, 5) is 16.1. The summed E-state index contributed by atoms with van der Waals surface area (Å²) in [6.45, 7) is -0.0414. The number of hydrogen-bond acceptors (Lipinski definition) is 5. The van der Waals surface area contributed by atoms with Crippen molar-refractivity contribution in [2.75, 3.05) is 12.4 Å². The zero-order valence-corrected chi connectivity index (χ0v) is 16.3. The molecule has 0 aliphatic rings. The maximum Gasteiger partial charge on any atom is 0.319 e. The van der Waals surface area contributed by atoms with E-state index in [1.807, 2.05) is 0 Å². The van der Waals surface area contributed by atoms with Gasteiger partial charge >= 0.3 is 6.55 Å². The van der Waals surface area contributed by atoms with Gasteiger partial charge in [0.05, 0.1) is 12.8 Å². The third kappa shape index (κ3) is 4.75. The molecule has 1 unspecified atom stereocenters. The topological polar surface area (TPSA) is 90.3 Å². The van der Waals surface area contributed by atoms with Crippen LogP contribution >= 0.6 is 11.6 Å². The van der Waals surface area contributed by atoms with Crippen molar-refractivity contribution in [3.8, 4) is 5.75 Å². The van der Waals surface area contributed by atoms with E-state index >= 15 is 0 Å². The summed E-state index contributed by atoms with van der Waals surface area (Å²) in [6, 6.07) is 3.03. The molecule has 0 aliphatic carbocycles. The van der Waals surface area contributed by atoms with E-state index in [1.54, 1.807) is 13.0 Å². The van der Waals surface area contributed by atoms with E-state index in [9.17, 15) is 22.0 Å². The molecule has 0 spiro atoms. The number of ether oxygens (including phenoxy) is 1. The summed E-state index contributed by atoms with van der Waals surface area (Å²) in [5, 5.41) is 1.40. The van der Waals surface area contributed by atoms with E-state index in [0.717, 1.165) is 12.4 Å². The Morgan fingerprint density at radius 3 is 2.67 bits per heavy atom. The number of methoxy groups -OCH3 is 1. The predicted molar refractivity (Wildman–Crippen MR) is 96.9 cm³/mol. The van der Waals surface area contributed by atoms with Gasteiger partial charge in [0.15, 0.2) is 9.84 Å². The van der Waals surface area contributed by atoms with Crippen molar-refractivity contribution in [3.05, 3.63) is 40.9 Å². The maximum absolute atomic E-state index is 12.9. The first-order valence-corrected chi connectivity index (χ1v) is 9.82. The molecule has 0 bridgehead atoms. The minimum Gasteiger partial charge on any atom is -0.495 e. The zero-order chi connectivity index (χ0) is 20.4. The molecule has 0 aliphatic heterocycles. The highest BCUT2D eigenvalue weighted by molar-refractivity contribution is 7.92. The fourth-order valence-corrected chi connectivity index (χ4v) is 3.64. The second-order valence-corrected chi connectivity index (χ2v) is 8.50. The molecule has 0 saturated carbocycles. The largest absolute Gasteiger partial charge is 0.495 e. The highest BCUT2D eigenvalue weighted by Gasteiger charge is 2.31. The molecule has 2 aromatic rings. The molecule has 7 nitrogen and oxygen atoms in total. The minimum atomic E-state index is -4.09. The average molecular weight is 422 g/mol. The molecule has 2 rings (SSSR count). The second kappa shape index (κ2) is 8.22. The van der Waals surface area contributed by atoms with Crippen molar-refractivity contribution >= 4 is 33.0 Å². The van der Waals surface area contributed by atoms with Crippen LogP contribution in [0.4, 0.5) is 14.5 Å². The fraction of sp³-hybridized carbons (Fsp3) is 0.375. The Bertz CT molecular complexity index is 947. The van der Waals surface area contributed by atoms with Gasteiger partial charge in [0, 0.05) is 23.5 Å². The number of carbonyl (C=O) groups is 1. The SMILES string of the molecule is COc1cc(Cl)c(C)cc1NC(=O)C(C)S(=O)(=O)Cc1nccn1C(F)F. The molecule has 11 heteroatoms. The van der Waals surface area contributed by atoms with Gasteiger partial charge in [0.1, 0.15) is 22.6 Å². The lowest BCUT2D eigenvalue weighted by atomic mass is 10.2. The van der Waals surface area contributed by atoms with Crippen molar-refractivity contribution in [1.29, 1.82) is 0 Å². The van der Waals surface area contributed by atoms with Crippen LogP contribution in [0.5, 0.6) is 5.75 Å². The summed E-state index contributed by atoms with van der Waals surface area (Å²) in [5.41, 5.74) is 0.905. The van der Waals surface area contributed by atoms with Crippen LogP contribution in [-0.4, -0.2) is 36.2 Å². The Hall–Kier alpha value is -2.20. The van der Waals surface area contributed by atoms with Gasteiger partial charge in [-0.15, -0.1) is 0 Å². The first kappa shape index (κ1) is 21.1. The van der Waals surface area contributed by atoms with Gasteiger partial charge in [-0.1, -0.05) is 11.6 Å². The average Bonchev–Trinajstić information content (AvgIpc) is 3.04. The number of nitrogens with zero attached hydrogens (tertiary/aromatic N) is 2. The van der Waals surface area contributed by atoms with Gasteiger partial charge in [0.2, 0.25) is 5.91 Å². The number of amides is 1. The molecule has 27 heavy (non-hydrogen) atoms. The van der Waals surface area contributed by atoms with Crippen LogP contribution in [0.25, 0.3) is 0 Å². The van der Waals surface area contributed by atoms with E-state index in [2.05, 4.69) is 10.3 Å². The third-order valence-electron chi connectivity index (χ3n) is 3.94. The lowest BCUT2D eigenvalue weighted by Gasteiger charge is -2.16. The number of imidazole rings is 1. The number of carbonyl (C=O) groups excluding carboxylic acids is 1. The fourth-order valence-electron chi connectivity index (χ4n) is 2.27. The molecule has 1 aromatic carbocycles. The number of benzene rings is 1. The van der Waals surface area contributed by atoms with Crippen LogP contribution in [0.15, 0.2) is 24.5 Å². The van der Waals surface area contributed by atoms with E-state index in [1.165, 1.54) is 20.1 Å². The quantitative estimate of drug-likeness (QED) is 0.741. The molecule has 0 fully saturated rings. The number of anilines is 1. The number of aromatic nitrogens is 2. The smallest absolute Gasteiger partial charge is 0.319 e. The summed E-state index contributed by atoms with van der Waals surface area (Å²) in [5.74, 6) is -1.71.